The minimum atomic E-state index is -0.807. The lowest BCUT2D eigenvalue weighted by molar-refractivity contribution is -0.141. The van der Waals surface area contributed by atoms with Gasteiger partial charge in [-0.3, -0.25) is 4.68 Å². The molecule has 4 nitrogen and oxygen atoms in total. The van der Waals surface area contributed by atoms with Crippen LogP contribution in [0.5, 0.6) is 0 Å². The number of carboxylic acids is 1. The van der Waals surface area contributed by atoms with Crippen molar-refractivity contribution in [2.75, 3.05) is 0 Å². The summed E-state index contributed by atoms with van der Waals surface area (Å²) in [6.45, 7) is 5.72. The van der Waals surface area contributed by atoms with E-state index in [0.29, 0.717) is 6.42 Å². The summed E-state index contributed by atoms with van der Waals surface area (Å²) in [6.07, 6.45) is 1.46. The minimum Gasteiger partial charge on any atom is -0.480 e. The van der Waals surface area contributed by atoms with Crippen LogP contribution in [0.3, 0.4) is 0 Å². The summed E-state index contributed by atoms with van der Waals surface area (Å²) in [5, 5.41) is 13.2. The molecule has 0 aliphatic rings. The van der Waals surface area contributed by atoms with E-state index in [1.54, 1.807) is 4.68 Å². The summed E-state index contributed by atoms with van der Waals surface area (Å²) < 4.78 is 1.60. The Kier molecular flexibility index (Phi) is 3.28. The van der Waals surface area contributed by atoms with Gasteiger partial charge in [-0.25, -0.2) is 4.79 Å². The van der Waals surface area contributed by atoms with E-state index in [9.17, 15) is 4.79 Å². The molecule has 78 valence electrons. The number of nitrogens with zero attached hydrogens (tertiary/aromatic N) is 2. The number of aryl methyl sites for hydroxylation is 2. The number of hydrogen-bond donors (Lipinski definition) is 1. The van der Waals surface area contributed by atoms with Crippen molar-refractivity contribution in [3.8, 4) is 0 Å². The van der Waals surface area contributed by atoms with E-state index in [-0.39, 0.29) is 0 Å². The van der Waals surface area contributed by atoms with E-state index in [0.717, 1.165) is 17.8 Å². The fourth-order valence-electron chi connectivity index (χ4n) is 1.59. The molecule has 0 spiro atoms. The van der Waals surface area contributed by atoms with Crippen molar-refractivity contribution in [3.63, 3.8) is 0 Å². The van der Waals surface area contributed by atoms with Gasteiger partial charge in [0.1, 0.15) is 6.04 Å². The van der Waals surface area contributed by atoms with E-state index >= 15 is 0 Å². The summed E-state index contributed by atoms with van der Waals surface area (Å²) in [7, 11) is 0. The molecule has 1 heterocycles. The van der Waals surface area contributed by atoms with Gasteiger partial charge >= 0.3 is 5.97 Å². The van der Waals surface area contributed by atoms with Crippen molar-refractivity contribution in [3.05, 3.63) is 17.5 Å². The highest BCUT2D eigenvalue weighted by Crippen LogP contribution is 2.16. The summed E-state index contributed by atoms with van der Waals surface area (Å²) in [6, 6.07) is 1.37. The van der Waals surface area contributed by atoms with Gasteiger partial charge in [0.25, 0.3) is 0 Å². The normalized spacial score (nSPS) is 12.8. The fourth-order valence-corrected chi connectivity index (χ4v) is 1.59. The van der Waals surface area contributed by atoms with Crippen molar-refractivity contribution in [2.24, 2.45) is 0 Å². The second-order valence-corrected chi connectivity index (χ2v) is 3.51. The molecule has 0 bridgehead atoms. The van der Waals surface area contributed by atoms with E-state index in [4.69, 9.17) is 5.11 Å². The molecular weight excluding hydrogens is 180 g/mol. The maximum absolute atomic E-state index is 11.0. The Labute approximate surface area is 83.5 Å². The van der Waals surface area contributed by atoms with Gasteiger partial charge in [0, 0.05) is 5.69 Å². The second kappa shape index (κ2) is 4.26. The molecule has 0 amide bonds. The van der Waals surface area contributed by atoms with Crippen molar-refractivity contribution >= 4 is 5.97 Å². The third-order valence-electron chi connectivity index (χ3n) is 2.19. The molecule has 0 aromatic carbocycles. The summed E-state index contributed by atoms with van der Waals surface area (Å²) in [5.74, 6) is -0.807. The van der Waals surface area contributed by atoms with Crippen LogP contribution in [0.15, 0.2) is 6.07 Å². The zero-order chi connectivity index (χ0) is 10.7. The highest BCUT2D eigenvalue weighted by Gasteiger charge is 2.20. The Hall–Kier alpha value is -1.32. The van der Waals surface area contributed by atoms with Gasteiger partial charge in [0.05, 0.1) is 5.69 Å². The summed E-state index contributed by atoms with van der Waals surface area (Å²) in [5.41, 5.74) is 1.77. The SMILES string of the molecule is CCCC(C(=O)O)n1nc(C)cc1C. The monoisotopic (exact) mass is 196 g/mol. The van der Waals surface area contributed by atoms with Crippen molar-refractivity contribution in [2.45, 2.75) is 39.7 Å². The predicted octanol–water partition coefficient (Wildman–Crippen LogP) is 1.93. The molecule has 0 aliphatic heterocycles. The Morgan fingerprint density at radius 3 is 2.64 bits per heavy atom. The zero-order valence-electron chi connectivity index (χ0n) is 8.82. The average Bonchev–Trinajstić information content (AvgIpc) is 2.40. The lowest BCUT2D eigenvalue weighted by Crippen LogP contribution is -2.21. The first-order valence-electron chi connectivity index (χ1n) is 4.81. The third kappa shape index (κ3) is 2.13. The first kappa shape index (κ1) is 10.8. The van der Waals surface area contributed by atoms with Gasteiger partial charge in [-0.2, -0.15) is 5.10 Å². The first-order chi connectivity index (χ1) is 6.56. The van der Waals surface area contributed by atoms with E-state index in [1.165, 1.54) is 0 Å². The molecule has 1 aromatic rings. The average molecular weight is 196 g/mol. The fraction of sp³-hybridized carbons (Fsp3) is 0.600. The molecule has 4 heteroatoms. The molecule has 1 unspecified atom stereocenters. The first-order valence-corrected chi connectivity index (χ1v) is 4.81. The quantitative estimate of drug-likeness (QED) is 0.800. The van der Waals surface area contributed by atoms with Crippen molar-refractivity contribution < 1.29 is 9.90 Å². The van der Waals surface area contributed by atoms with E-state index < -0.39 is 12.0 Å². The Balaban J connectivity index is 2.98. The molecular formula is C10H16N2O2. The van der Waals surface area contributed by atoms with E-state index in [2.05, 4.69) is 5.10 Å². The van der Waals surface area contributed by atoms with Crippen molar-refractivity contribution in [1.29, 1.82) is 0 Å². The smallest absolute Gasteiger partial charge is 0.328 e. The van der Waals surface area contributed by atoms with Crippen LogP contribution in [0.25, 0.3) is 0 Å². The van der Waals surface area contributed by atoms with Crippen LogP contribution in [0.1, 0.15) is 37.2 Å². The zero-order valence-corrected chi connectivity index (χ0v) is 8.82. The topological polar surface area (TPSA) is 55.1 Å². The third-order valence-corrected chi connectivity index (χ3v) is 2.19. The number of hydrogen-bond acceptors (Lipinski definition) is 2. The summed E-state index contributed by atoms with van der Waals surface area (Å²) >= 11 is 0. The Morgan fingerprint density at radius 1 is 1.64 bits per heavy atom. The van der Waals surface area contributed by atoms with Crippen molar-refractivity contribution in [1.82, 2.24) is 9.78 Å². The van der Waals surface area contributed by atoms with Crippen LogP contribution in [0.2, 0.25) is 0 Å². The summed E-state index contributed by atoms with van der Waals surface area (Å²) in [4.78, 5) is 11.0. The highest BCUT2D eigenvalue weighted by atomic mass is 16.4. The van der Waals surface area contributed by atoms with Crippen LogP contribution < -0.4 is 0 Å². The Morgan fingerprint density at radius 2 is 2.29 bits per heavy atom. The van der Waals surface area contributed by atoms with Crippen LogP contribution in [0, 0.1) is 13.8 Å². The number of aliphatic carboxylic acids is 1. The molecule has 14 heavy (non-hydrogen) atoms. The lowest BCUT2D eigenvalue weighted by atomic mass is 10.1. The number of carbonyl (C=O) groups is 1. The largest absolute Gasteiger partial charge is 0.480 e. The second-order valence-electron chi connectivity index (χ2n) is 3.51. The molecule has 1 rings (SSSR count). The maximum Gasteiger partial charge on any atom is 0.328 e. The van der Waals surface area contributed by atoms with Gasteiger partial charge in [-0.05, 0) is 26.3 Å². The number of aromatic nitrogens is 2. The molecule has 0 aliphatic carbocycles. The minimum absolute atomic E-state index is 0.520. The van der Waals surface area contributed by atoms with Crippen LogP contribution >= 0.6 is 0 Å². The molecule has 0 radical (unpaired) electrons. The molecule has 1 atom stereocenters. The van der Waals surface area contributed by atoms with Gasteiger partial charge in [-0.1, -0.05) is 13.3 Å². The lowest BCUT2D eigenvalue weighted by Gasteiger charge is -2.13. The Bertz CT molecular complexity index is 331. The molecule has 0 saturated heterocycles. The molecule has 0 saturated carbocycles. The highest BCUT2D eigenvalue weighted by molar-refractivity contribution is 5.71. The number of rotatable bonds is 4. The van der Waals surface area contributed by atoms with Gasteiger partial charge in [0.2, 0.25) is 0 Å². The molecule has 1 N–H and O–H groups in total. The predicted molar refractivity (Wildman–Crippen MR) is 53.3 cm³/mol. The van der Waals surface area contributed by atoms with Crippen LogP contribution in [0.4, 0.5) is 0 Å². The molecule has 1 aromatic heterocycles. The van der Waals surface area contributed by atoms with E-state index in [1.807, 2.05) is 26.8 Å². The van der Waals surface area contributed by atoms with Crippen LogP contribution in [-0.4, -0.2) is 20.9 Å². The molecule has 0 fully saturated rings. The number of carboxylic acid groups (broad SMARTS) is 1. The van der Waals surface area contributed by atoms with Gasteiger partial charge < -0.3 is 5.11 Å². The maximum atomic E-state index is 11.0. The standard InChI is InChI=1S/C10H16N2O2/c1-4-5-9(10(13)14)12-8(3)6-7(2)11-12/h6,9H,4-5H2,1-3H3,(H,13,14). The van der Waals surface area contributed by atoms with Gasteiger partial charge in [0.15, 0.2) is 0 Å². The van der Waals surface area contributed by atoms with Gasteiger partial charge in [-0.15, -0.1) is 0 Å². The van der Waals surface area contributed by atoms with Crippen LogP contribution in [-0.2, 0) is 4.79 Å².